The van der Waals surface area contributed by atoms with Gasteiger partial charge in [-0.15, -0.1) is 0 Å². The van der Waals surface area contributed by atoms with Gasteiger partial charge in [0.1, 0.15) is 0 Å². The van der Waals surface area contributed by atoms with E-state index in [0.717, 1.165) is 11.8 Å². The van der Waals surface area contributed by atoms with Crippen molar-refractivity contribution in [3.05, 3.63) is 29.3 Å². The number of amides is 1. The van der Waals surface area contributed by atoms with Crippen LogP contribution >= 0.6 is 23.4 Å². The molecule has 0 aromatic heterocycles. The summed E-state index contributed by atoms with van der Waals surface area (Å²) in [6.45, 7) is 7.55. The molecule has 1 amide bonds. The first-order valence-corrected chi connectivity index (χ1v) is 7.47. The monoisotopic (exact) mass is 303 g/mol. The van der Waals surface area contributed by atoms with Crippen LogP contribution in [0.2, 0.25) is 5.02 Å². The van der Waals surface area contributed by atoms with Crippen molar-refractivity contribution in [3.63, 3.8) is 0 Å². The minimum Gasteiger partial charge on any atom is -0.335 e. The summed E-state index contributed by atoms with van der Waals surface area (Å²) in [4.78, 5) is 14.4. The van der Waals surface area contributed by atoms with Gasteiger partial charge in [-0.05, 0) is 52.0 Å². The zero-order valence-electron chi connectivity index (χ0n) is 11.6. The summed E-state index contributed by atoms with van der Waals surface area (Å²) in [7, 11) is 0. The van der Waals surface area contributed by atoms with E-state index in [1.807, 2.05) is 27.7 Å². The number of thioether (sulfide) groups is 1. The number of carbonyl (C=O) groups excluding carboxylic acids is 1. The molecule has 0 N–H and O–H groups in total. The van der Waals surface area contributed by atoms with E-state index in [0.29, 0.717) is 9.92 Å². The molecule has 1 rings (SSSR count). The second-order valence-electron chi connectivity index (χ2n) is 4.82. The normalized spacial score (nSPS) is 12.8. The smallest absolute Gasteiger partial charge is 0.268 e. The van der Waals surface area contributed by atoms with Crippen LogP contribution in [-0.2, 0) is 4.79 Å². The van der Waals surface area contributed by atoms with E-state index < -0.39 is 11.4 Å². The fraction of sp³-hybridized carbons (Fsp3) is 0.500. The van der Waals surface area contributed by atoms with Gasteiger partial charge in [0.15, 0.2) is 0 Å². The van der Waals surface area contributed by atoms with Gasteiger partial charge in [0.05, 0.1) is 0 Å². The molecule has 5 heteroatoms. The van der Waals surface area contributed by atoms with Gasteiger partial charge in [-0.25, -0.2) is 4.39 Å². The van der Waals surface area contributed by atoms with Gasteiger partial charge in [-0.3, -0.25) is 4.79 Å². The maximum atomic E-state index is 14.1. The first-order chi connectivity index (χ1) is 8.82. The molecular weight excluding hydrogens is 285 g/mol. The lowest BCUT2D eigenvalue weighted by molar-refractivity contribution is -0.137. The van der Waals surface area contributed by atoms with Crippen LogP contribution in [-0.4, -0.2) is 28.4 Å². The third kappa shape index (κ3) is 4.69. The average Bonchev–Trinajstić information content (AvgIpc) is 2.31. The van der Waals surface area contributed by atoms with Crippen LogP contribution in [0.3, 0.4) is 0 Å². The van der Waals surface area contributed by atoms with Crippen LogP contribution in [0.5, 0.6) is 0 Å². The molecule has 1 aromatic rings. The first kappa shape index (κ1) is 16.3. The zero-order chi connectivity index (χ0) is 14.6. The van der Waals surface area contributed by atoms with Crippen LogP contribution in [0, 0.1) is 0 Å². The Kier molecular flexibility index (Phi) is 6.14. The summed E-state index contributed by atoms with van der Waals surface area (Å²) in [5, 5.41) is 0.595. The van der Waals surface area contributed by atoms with Crippen LogP contribution in [0.1, 0.15) is 27.7 Å². The minimum absolute atomic E-state index is 0.0171. The molecule has 0 heterocycles. The summed E-state index contributed by atoms with van der Waals surface area (Å²) >= 11 is 6.67. The zero-order valence-corrected chi connectivity index (χ0v) is 13.1. The van der Waals surface area contributed by atoms with E-state index in [-0.39, 0.29) is 12.1 Å². The van der Waals surface area contributed by atoms with Crippen molar-refractivity contribution in [2.24, 2.45) is 0 Å². The maximum Gasteiger partial charge on any atom is 0.268 e. The van der Waals surface area contributed by atoms with Gasteiger partial charge in [0.25, 0.3) is 5.91 Å². The summed E-state index contributed by atoms with van der Waals surface area (Å²) in [6, 6.07) is 6.75. The first-order valence-electron chi connectivity index (χ1n) is 6.21. The molecule has 0 spiro atoms. The van der Waals surface area contributed by atoms with Gasteiger partial charge >= 0.3 is 0 Å². The van der Waals surface area contributed by atoms with Gasteiger partial charge in [-0.1, -0.05) is 23.4 Å². The molecule has 2 nitrogen and oxygen atoms in total. The number of hydrogen-bond acceptors (Lipinski definition) is 2. The maximum absolute atomic E-state index is 14.1. The molecule has 0 aliphatic carbocycles. The molecule has 0 aliphatic heterocycles. The summed E-state index contributed by atoms with van der Waals surface area (Å²) < 4.78 is 14.1. The van der Waals surface area contributed by atoms with Crippen molar-refractivity contribution >= 4 is 29.3 Å². The Morgan fingerprint density at radius 1 is 1.16 bits per heavy atom. The van der Waals surface area contributed by atoms with E-state index in [1.54, 1.807) is 29.2 Å². The number of benzene rings is 1. The number of hydrogen-bond donors (Lipinski definition) is 0. The van der Waals surface area contributed by atoms with Gasteiger partial charge in [0.2, 0.25) is 5.50 Å². The van der Waals surface area contributed by atoms with E-state index in [9.17, 15) is 9.18 Å². The lowest BCUT2D eigenvalue weighted by Crippen LogP contribution is -2.45. The second kappa shape index (κ2) is 7.15. The molecular formula is C14H19ClFNOS. The lowest BCUT2D eigenvalue weighted by atomic mass is 10.2. The quantitative estimate of drug-likeness (QED) is 0.753. The third-order valence-corrected chi connectivity index (χ3v) is 3.82. The second-order valence-corrected chi connectivity index (χ2v) is 6.38. The molecule has 1 atom stereocenters. The molecule has 0 radical (unpaired) electrons. The summed E-state index contributed by atoms with van der Waals surface area (Å²) in [5.41, 5.74) is -1.59. The molecule has 0 saturated heterocycles. The van der Waals surface area contributed by atoms with Crippen LogP contribution in [0.4, 0.5) is 4.39 Å². The largest absolute Gasteiger partial charge is 0.335 e. The summed E-state index contributed by atoms with van der Waals surface area (Å²) in [6.07, 6.45) is 0. The van der Waals surface area contributed by atoms with Crippen LogP contribution < -0.4 is 0 Å². The molecule has 19 heavy (non-hydrogen) atoms. The van der Waals surface area contributed by atoms with E-state index in [4.69, 9.17) is 11.6 Å². The Morgan fingerprint density at radius 3 is 2.05 bits per heavy atom. The fourth-order valence-corrected chi connectivity index (χ4v) is 2.79. The number of alkyl halides is 1. The summed E-state index contributed by atoms with van der Waals surface area (Å²) in [5.74, 6) is -0.482. The van der Waals surface area contributed by atoms with Gasteiger partial charge < -0.3 is 4.90 Å². The van der Waals surface area contributed by atoms with Gasteiger partial charge in [-0.2, -0.15) is 0 Å². The van der Waals surface area contributed by atoms with Crippen molar-refractivity contribution in [1.29, 1.82) is 0 Å². The molecule has 1 unspecified atom stereocenters. The van der Waals surface area contributed by atoms with Crippen LogP contribution in [0.25, 0.3) is 0 Å². The molecule has 0 saturated carbocycles. The molecule has 0 fully saturated rings. The van der Waals surface area contributed by atoms with Crippen LogP contribution in [0.15, 0.2) is 29.2 Å². The fourth-order valence-electron chi connectivity index (χ4n) is 1.91. The molecule has 1 aromatic carbocycles. The Labute approximate surface area is 123 Å². The average molecular weight is 304 g/mol. The predicted molar refractivity (Wildman–Crippen MR) is 79.3 cm³/mol. The number of nitrogens with zero attached hydrogens (tertiary/aromatic N) is 1. The van der Waals surface area contributed by atoms with Crippen molar-refractivity contribution in [3.8, 4) is 0 Å². The number of carbonyl (C=O) groups is 1. The number of rotatable bonds is 5. The number of halogens is 2. The Bertz CT molecular complexity index is 414. The minimum atomic E-state index is -1.59. The predicted octanol–water partition coefficient (Wildman–Crippen LogP) is 4.37. The van der Waals surface area contributed by atoms with E-state index in [1.165, 1.54) is 0 Å². The highest BCUT2D eigenvalue weighted by molar-refractivity contribution is 8.00. The van der Waals surface area contributed by atoms with Gasteiger partial charge in [0, 0.05) is 22.0 Å². The third-order valence-electron chi connectivity index (χ3n) is 2.61. The Morgan fingerprint density at radius 2 is 1.63 bits per heavy atom. The molecule has 0 aliphatic rings. The Hall–Kier alpha value is -0.740. The van der Waals surface area contributed by atoms with Crippen molar-refractivity contribution in [2.45, 2.75) is 50.2 Å². The van der Waals surface area contributed by atoms with E-state index >= 15 is 0 Å². The topological polar surface area (TPSA) is 20.3 Å². The highest BCUT2D eigenvalue weighted by atomic mass is 35.5. The lowest BCUT2D eigenvalue weighted by Gasteiger charge is -2.31. The highest BCUT2D eigenvalue weighted by Crippen LogP contribution is 2.27. The van der Waals surface area contributed by atoms with E-state index in [2.05, 4.69) is 0 Å². The van der Waals surface area contributed by atoms with Crippen molar-refractivity contribution < 1.29 is 9.18 Å². The highest BCUT2D eigenvalue weighted by Gasteiger charge is 2.28. The molecule has 106 valence electrons. The molecule has 0 bridgehead atoms. The van der Waals surface area contributed by atoms with Crippen molar-refractivity contribution in [2.75, 3.05) is 0 Å². The standard InChI is InChI=1S/C14H19ClFNOS/c1-9(2)17(10(3)4)14(18)13(16)19-12-7-5-11(15)6-8-12/h5-10,13H,1-4H3. The Balaban J connectivity index is 2.73. The van der Waals surface area contributed by atoms with Crippen molar-refractivity contribution in [1.82, 2.24) is 4.90 Å². The SMILES string of the molecule is CC(C)N(C(=O)C(F)Sc1ccc(Cl)cc1)C(C)C.